The number of rotatable bonds is 2. The number of carbonyl (C=O) groups excluding carboxylic acids is 1. The summed E-state index contributed by atoms with van der Waals surface area (Å²) in [7, 11) is 0. The van der Waals surface area contributed by atoms with Gasteiger partial charge < -0.3 is 1.43 Å². The zero-order valence-corrected chi connectivity index (χ0v) is 10.9. The topological polar surface area (TPSA) is 96.5 Å². The van der Waals surface area contributed by atoms with Crippen LogP contribution in [-0.2, 0) is 0 Å². The summed E-state index contributed by atoms with van der Waals surface area (Å²) < 4.78 is 0. The van der Waals surface area contributed by atoms with Gasteiger partial charge in [0.1, 0.15) is 5.69 Å². The molecule has 2 N–H and O–H groups in total. The van der Waals surface area contributed by atoms with Gasteiger partial charge in [0.25, 0.3) is 11.9 Å². The van der Waals surface area contributed by atoms with E-state index in [4.69, 9.17) is 0 Å². The summed E-state index contributed by atoms with van der Waals surface area (Å²) in [4.78, 5) is 15.6. The summed E-state index contributed by atoms with van der Waals surface area (Å²) >= 11 is 0. The fourth-order valence-electron chi connectivity index (χ4n) is 1.05. The molecule has 0 aromatic carbocycles. The molecular weight excluding hydrogens is 219 g/mol. The maximum atomic E-state index is 11.6. The van der Waals surface area contributed by atoms with Crippen molar-refractivity contribution in [3.63, 3.8) is 0 Å². The van der Waals surface area contributed by atoms with Gasteiger partial charge in [-0.05, 0) is 24.3 Å². The van der Waals surface area contributed by atoms with Crippen LogP contribution < -0.4 is 34.9 Å². The number of H-pyrrole nitrogens is 1. The molecule has 0 saturated carbocycles. The smallest absolute Gasteiger partial charge is 1.00 e. The number of aromatic nitrogens is 5. The summed E-state index contributed by atoms with van der Waals surface area (Å²) in [6, 6.07) is 5.18. The van der Waals surface area contributed by atoms with Crippen LogP contribution in [0.2, 0.25) is 0 Å². The fourth-order valence-corrected chi connectivity index (χ4v) is 1.05. The number of pyridine rings is 1. The predicted octanol–water partition coefficient (Wildman–Crippen LogP) is -2.73. The van der Waals surface area contributed by atoms with Crippen LogP contribution in [0.15, 0.2) is 18.2 Å². The molecule has 78 valence electrons. The number of tetrazole rings is 1. The van der Waals surface area contributed by atoms with Crippen LogP contribution in [-0.4, -0.2) is 31.5 Å². The SMILES string of the molecule is Cc1cccc(C(=O)Nc2nn[nH]n2)n1.[H-].[Na+]. The largest absolute Gasteiger partial charge is 1.00 e. The first-order valence-electron chi connectivity index (χ1n) is 4.24. The molecule has 0 aliphatic carbocycles. The first-order chi connectivity index (χ1) is 7.25. The summed E-state index contributed by atoms with van der Waals surface area (Å²) in [5.41, 5.74) is 1.09. The van der Waals surface area contributed by atoms with E-state index in [1.807, 2.05) is 13.0 Å². The molecule has 2 aromatic rings. The Kier molecular flexibility index (Phi) is 4.53. The number of nitrogens with one attached hydrogen (secondary N) is 2. The van der Waals surface area contributed by atoms with Gasteiger partial charge in [-0.25, -0.2) is 4.98 Å². The number of anilines is 1. The van der Waals surface area contributed by atoms with Crippen molar-refractivity contribution in [3.8, 4) is 0 Å². The van der Waals surface area contributed by atoms with Gasteiger partial charge in [0.2, 0.25) is 0 Å². The average Bonchev–Trinajstić information content (AvgIpc) is 2.70. The molecule has 0 spiro atoms. The van der Waals surface area contributed by atoms with Crippen LogP contribution in [0.1, 0.15) is 17.6 Å². The van der Waals surface area contributed by atoms with E-state index in [1.54, 1.807) is 12.1 Å². The van der Waals surface area contributed by atoms with Gasteiger partial charge in [0.05, 0.1) is 0 Å². The van der Waals surface area contributed by atoms with Crippen LogP contribution in [0.25, 0.3) is 0 Å². The van der Waals surface area contributed by atoms with Gasteiger partial charge >= 0.3 is 29.6 Å². The van der Waals surface area contributed by atoms with Crippen LogP contribution >= 0.6 is 0 Å². The van der Waals surface area contributed by atoms with Crippen LogP contribution in [0.4, 0.5) is 5.95 Å². The van der Waals surface area contributed by atoms with E-state index in [2.05, 4.69) is 30.9 Å². The molecule has 0 fully saturated rings. The van der Waals surface area contributed by atoms with E-state index in [0.29, 0.717) is 5.69 Å². The minimum Gasteiger partial charge on any atom is -1.00 e. The first kappa shape index (κ1) is 12.8. The van der Waals surface area contributed by atoms with Gasteiger partial charge in [-0.2, -0.15) is 5.21 Å². The molecule has 0 aliphatic rings. The third kappa shape index (κ3) is 3.09. The summed E-state index contributed by atoms with van der Waals surface area (Å²) in [5.74, 6) is -0.233. The Hall–Kier alpha value is -1.31. The predicted molar refractivity (Wildman–Crippen MR) is 52.2 cm³/mol. The van der Waals surface area contributed by atoms with E-state index >= 15 is 0 Å². The molecule has 0 saturated heterocycles. The van der Waals surface area contributed by atoms with Crippen LogP contribution in [0, 0.1) is 6.92 Å². The maximum absolute atomic E-state index is 11.6. The van der Waals surface area contributed by atoms with Gasteiger partial charge in [0, 0.05) is 5.69 Å². The Morgan fingerprint density at radius 2 is 2.31 bits per heavy atom. The maximum Gasteiger partial charge on any atom is 1.00 e. The van der Waals surface area contributed by atoms with Crippen molar-refractivity contribution in [2.75, 3.05) is 5.32 Å². The number of hydrogen-bond donors (Lipinski definition) is 2. The number of aryl methyl sites for hydroxylation is 1. The molecule has 7 nitrogen and oxygen atoms in total. The Bertz CT molecular complexity index is 477. The van der Waals surface area contributed by atoms with E-state index in [0.717, 1.165) is 5.69 Å². The number of carbonyl (C=O) groups is 1. The van der Waals surface area contributed by atoms with Gasteiger partial charge in [-0.15, -0.1) is 5.10 Å². The first-order valence-corrected chi connectivity index (χ1v) is 4.24. The minimum atomic E-state index is -0.361. The van der Waals surface area contributed by atoms with Gasteiger partial charge in [-0.3, -0.25) is 10.1 Å². The van der Waals surface area contributed by atoms with Crippen molar-refractivity contribution in [1.29, 1.82) is 0 Å². The van der Waals surface area contributed by atoms with E-state index in [1.165, 1.54) is 0 Å². The van der Waals surface area contributed by atoms with Crippen molar-refractivity contribution in [2.24, 2.45) is 0 Å². The molecule has 2 rings (SSSR count). The number of aromatic amines is 1. The van der Waals surface area contributed by atoms with Gasteiger partial charge in [-0.1, -0.05) is 11.2 Å². The molecule has 0 unspecified atom stereocenters. The molecular formula is C8H9N6NaO. The van der Waals surface area contributed by atoms with E-state index in [9.17, 15) is 4.79 Å². The quantitative estimate of drug-likeness (QED) is 0.544. The molecule has 1 amide bonds. The summed E-state index contributed by atoms with van der Waals surface area (Å²) in [6.07, 6.45) is 0. The van der Waals surface area contributed by atoms with Crippen molar-refractivity contribution in [3.05, 3.63) is 29.6 Å². The average molecular weight is 228 g/mol. The monoisotopic (exact) mass is 228 g/mol. The molecule has 0 aliphatic heterocycles. The normalized spacial score (nSPS) is 9.31. The second-order valence-electron chi connectivity index (χ2n) is 2.85. The van der Waals surface area contributed by atoms with Crippen molar-refractivity contribution < 1.29 is 35.8 Å². The van der Waals surface area contributed by atoms with E-state index < -0.39 is 0 Å². The Morgan fingerprint density at radius 1 is 1.50 bits per heavy atom. The second-order valence-corrected chi connectivity index (χ2v) is 2.85. The Labute approximate surface area is 115 Å². The van der Waals surface area contributed by atoms with Crippen molar-refractivity contribution in [2.45, 2.75) is 6.92 Å². The van der Waals surface area contributed by atoms with E-state index in [-0.39, 0.29) is 42.8 Å². The third-order valence-corrected chi connectivity index (χ3v) is 1.69. The molecule has 2 aromatic heterocycles. The standard InChI is InChI=1S/C8H8N6O.Na.H/c1-5-3-2-4-6(9-5)7(15)10-8-11-13-14-12-8;;/h2-4H,1H3,(H2,10,11,12,13,14,15);;/q;+1;-1. The number of hydrogen-bond acceptors (Lipinski definition) is 5. The second kappa shape index (κ2) is 5.69. The molecule has 0 atom stereocenters. The van der Waals surface area contributed by atoms with Crippen molar-refractivity contribution >= 4 is 11.9 Å². The Balaban J connectivity index is 0.00000128. The Morgan fingerprint density at radius 3 is 2.94 bits per heavy atom. The zero-order chi connectivity index (χ0) is 10.7. The number of amides is 1. The summed E-state index contributed by atoms with van der Waals surface area (Å²) in [5, 5.41) is 15.2. The molecule has 0 radical (unpaired) electrons. The molecule has 16 heavy (non-hydrogen) atoms. The third-order valence-electron chi connectivity index (χ3n) is 1.69. The number of nitrogens with zero attached hydrogens (tertiary/aromatic N) is 4. The minimum absolute atomic E-state index is 0. The zero-order valence-electron chi connectivity index (χ0n) is 9.93. The molecule has 8 heteroatoms. The molecule has 0 bridgehead atoms. The van der Waals surface area contributed by atoms with Crippen LogP contribution in [0.3, 0.4) is 0 Å². The van der Waals surface area contributed by atoms with Gasteiger partial charge in [0.15, 0.2) is 0 Å². The molecule has 2 heterocycles. The van der Waals surface area contributed by atoms with Crippen LogP contribution in [0.5, 0.6) is 0 Å². The fraction of sp³-hybridized carbons (Fsp3) is 0.125. The summed E-state index contributed by atoms with van der Waals surface area (Å²) in [6.45, 7) is 1.81. The van der Waals surface area contributed by atoms with Crippen molar-refractivity contribution in [1.82, 2.24) is 25.6 Å².